The molecule has 2 heterocycles. The zero-order valence-electron chi connectivity index (χ0n) is 12.8. The van der Waals surface area contributed by atoms with Crippen molar-refractivity contribution in [2.24, 2.45) is 0 Å². The molecule has 7 heteroatoms. The summed E-state index contributed by atoms with van der Waals surface area (Å²) in [6, 6.07) is 9.41. The van der Waals surface area contributed by atoms with Gasteiger partial charge in [0.1, 0.15) is 5.75 Å². The Hall–Kier alpha value is -1.41. The first-order chi connectivity index (χ1) is 11.1. The summed E-state index contributed by atoms with van der Waals surface area (Å²) in [7, 11) is -1.78. The summed E-state index contributed by atoms with van der Waals surface area (Å²) >= 11 is 1.39. The minimum atomic E-state index is -3.41. The smallest absolute Gasteiger partial charge is 0.244 e. The van der Waals surface area contributed by atoms with Crippen LogP contribution in [0.5, 0.6) is 5.75 Å². The molecule has 3 rings (SSSR count). The quantitative estimate of drug-likeness (QED) is 0.828. The van der Waals surface area contributed by atoms with Crippen LogP contribution in [0.3, 0.4) is 0 Å². The van der Waals surface area contributed by atoms with E-state index < -0.39 is 10.0 Å². The molecule has 2 aromatic rings. The van der Waals surface area contributed by atoms with Crippen molar-refractivity contribution in [3.8, 4) is 5.75 Å². The minimum Gasteiger partial charge on any atom is -0.497 e. The van der Waals surface area contributed by atoms with Gasteiger partial charge in [-0.3, -0.25) is 0 Å². The lowest BCUT2D eigenvalue weighted by atomic mass is 10.1. The average Bonchev–Trinajstić information content (AvgIpc) is 3.11. The third-order valence-corrected chi connectivity index (χ3v) is 6.55. The van der Waals surface area contributed by atoms with Crippen molar-refractivity contribution in [1.29, 1.82) is 0 Å². The Morgan fingerprint density at radius 1 is 1.30 bits per heavy atom. The second-order valence-electron chi connectivity index (χ2n) is 5.37. The van der Waals surface area contributed by atoms with Gasteiger partial charge in [0.2, 0.25) is 10.0 Å². The molecule has 0 N–H and O–H groups in total. The molecule has 0 bridgehead atoms. The fraction of sp³-hybridized carbons (Fsp3) is 0.375. The Kier molecular flexibility index (Phi) is 5.01. The lowest BCUT2D eigenvalue weighted by molar-refractivity contribution is -0.000493. The van der Waals surface area contributed by atoms with Crippen LogP contribution in [-0.4, -0.2) is 45.6 Å². The molecule has 0 aliphatic carbocycles. The van der Waals surface area contributed by atoms with E-state index in [-0.39, 0.29) is 6.10 Å². The molecule has 5 nitrogen and oxygen atoms in total. The Morgan fingerprint density at radius 3 is 2.74 bits per heavy atom. The molecule has 124 valence electrons. The van der Waals surface area contributed by atoms with Gasteiger partial charge in [0.25, 0.3) is 0 Å². The van der Waals surface area contributed by atoms with E-state index >= 15 is 0 Å². The van der Waals surface area contributed by atoms with Gasteiger partial charge in [-0.1, -0.05) is 12.1 Å². The van der Waals surface area contributed by atoms with Gasteiger partial charge in [0, 0.05) is 18.5 Å². The average molecular weight is 353 g/mol. The van der Waals surface area contributed by atoms with E-state index in [9.17, 15) is 8.42 Å². The standard InChI is InChI=1S/C16H19NO4S2/c1-20-14-4-2-13(3-5-14)10-15-11-17(7-8-21-15)23(18,19)16-6-9-22-12-16/h2-6,9,12,15H,7-8,10-11H2,1H3. The zero-order chi connectivity index (χ0) is 16.3. The van der Waals surface area contributed by atoms with E-state index in [4.69, 9.17) is 9.47 Å². The number of hydrogen-bond acceptors (Lipinski definition) is 5. The zero-order valence-corrected chi connectivity index (χ0v) is 14.5. The molecule has 23 heavy (non-hydrogen) atoms. The first-order valence-electron chi connectivity index (χ1n) is 7.36. The van der Waals surface area contributed by atoms with Crippen LogP contribution >= 0.6 is 11.3 Å². The Balaban J connectivity index is 1.68. The second-order valence-corrected chi connectivity index (χ2v) is 8.09. The molecule has 1 aliphatic heterocycles. The van der Waals surface area contributed by atoms with Crippen molar-refractivity contribution >= 4 is 21.4 Å². The van der Waals surface area contributed by atoms with Gasteiger partial charge in [-0.05, 0) is 35.6 Å². The summed E-state index contributed by atoms with van der Waals surface area (Å²) in [4.78, 5) is 0.368. The van der Waals surface area contributed by atoms with Crippen LogP contribution in [0.25, 0.3) is 0 Å². The maximum Gasteiger partial charge on any atom is 0.244 e. The van der Waals surface area contributed by atoms with Gasteiger partial charge in [0.15, 0.2) is 0 Å². The molecule has 1 fully saturated rings. The molecule has 0 radical (unpaired) electrons. The highest BCUT2D eigenvalue weighted by Crippen LogP contribution is 2.22. The monoisotopic (exact) mass is 353 g/mol. The third-order valence-electron chi connectivity index (χ3n) is 3.86. The Labute approximate surface area is 140 Å². The topological polar surface area (TPSA) is 55.8 Å². The van der Waals surface area contributed by atoms with Crippen LogP contribution in [-0.2, 0) is 21.2 Å². The summed E-state index contributed by atoms with van der Waals surface area (Å²) in [5.74, 6) is 0.806. The number of methoxy groups -OCH3 is 1. The van der Waals surface area contributed by atoms with Crippen LogP contribution in [0.1, 0.15) is 5.56 Å². The molecular weight excluding hydrogens is 334 g/mol. The molecule has 1 saturated heterocycles. The summed E-state index contributed by atoms with van der Waals surface area (Å²) < 4.78 is 37.6. The molecule has 0 spiro atoms. The van der Waals surface area contributed by atoms with E-state index in [0.717, 1.165) is 11.3 Å². The first-order valence-corrected chi connectivity index (χ1v) is 9.75. The van der Waals surface area contributed by atoms with Gasteiger partial charge >= 0.3 is 0 Å². The fourth-order valence-corrected chi connectivity index (χ4v) is 5.08. The highest BCUT2D eigenvalue weighted by Gasteiger charge is 2.31. The van der Waals surface area contributed by atoms with Crippen molar-refractivity contribution in [2.45, 2.75) is 17.4 Å². The molecule has 1 aromatic heterocycles. The van der Waals surface area contributed by atoms with Gasteiger partial charge in [-0.15, -0.1) is 0 Å². The van der Waals surface area contributed by atoms with Gasteiger partial charge in [0.05, 0.1) is 24.7 Å². The van der Waals surface area contributed by atoms with Gasteiger partial charge in [-0.25, -0.2) is 8.42 Å². The van der Waals surface area contributed by atoms with Crippen molar-refractivity contribution in [3.63, 3.8) is 0 Å². The van der Waals surface area contributed by atoms with Gasteiger partial charge in [-0.2, -0.15) is 15.6 Å². The lowest BCUT2D eigenvalue weighted by Crippen LogP contribution is -2.46. The largest absolute Gasteiger partial charge is 0.497 e. The molecule has 0 saturated carbocycles. The predicted molar refractivity (Wildman–Crippen MR) is 89.5 cm³/mol. The van der Waals surface area contributed by atoms with Crippen LogP contribution in [0.15, 0.2) is 46.0 Å². The van der Waals surface area contributed by atoms with E-state index in [1.807, 2.05) is 24.3 Å². The molecule has 1 aromatic carbocycles. The second kappa shape index (κ2) is 7.00. The summed E-state index contributed by atoms with van der Waals surface area (Å²) in [6.45, 7) is 1.20. The number of benzene rings is 1. The normalized spacial score (nSPS) is 19.6. The van der Waals surface area contributed by atoms with Crippen molar-refractivity contribution in [1.82, 2.24) is 4.31 Å². The van der Waals surface area contributed by atoms with Crippen LogP contribution in [0, 0.1) is 0 Å². The molecule has 0 amide bonds. The lowest BCUT2D eigenvalue weighted by Gasteiger charge is -2.32. The van der Waals surface area contributed by atoms with Crippen molar-refractivity contribution in [2.75, 3.05) is 26.8 Å². The summed E-state index contributed by atoms with van der Waals surface area (Å²) in [5, 5.41) is 3.45. The predicted octanol–water partition coefficient (Wildman–Crippen LogP) is 2.39. The van der Waals surface area contributed by atoms with Crippen molar-refractivity contribution < 1.29 is 17.9 Å². The SMILES string of the molecule is COc1ccc(CC2CN(S(=O)(=O)c3ccsc3)CCO2)cc1. The summed E-state index contributed by atoms with van der Waals surface area (Å²) in [6.07, 6.45) is 0.546. The Bertz CT molecular complexity index is 726. The number of thiophene rings is 1. The number of morpholine rings is 1. The number of rotatable bonds is 5. The number of nitrogens with zero attached hydrogens (tertiary/aromatic N) is 1. The molecular formula is C16H19NO4S2. The van der Waals surface area contributed by atoms with Crippen molar-refractivity contribution in [3.05, 3.63) is 46.7 Å². The van der Waals surface area contributed by atoms with Crippen LogP contribution < -0.4 is 4.74 Å². The summed E-state index contributed by atoms with van der Waals surface area (Å²) in [5.41, 5.74) is 1.10. The minimum absolute atomic E-state index is 0.134. The highest BCUT2D eigenvalue weighted by molar-refractivity contribution is 7.89. The molecule has 1 aliphatic rings. The Morgan fingerprint density at radius 2 is 2.09 bits per heavy atom. The maximum atomic E-state index is 12.6. The number of ether oxygens (including phenoxy) is 2. The maximum absolute atomic E-state index is 12.6. The van der Waals surface area contributed by atoms with Crippen LogP contribution in [0.2, 0.25) is 0 Å². The van der Waals surface area contributed by atoms with Gasteiger partial charge < -0.3 is 9.47 Å². The van der Waals surface area contributed by atoms with E-state index in [1.54, 1.807) is 23.9 Å². The van der Waals surface area contributed by atoms with Crippen LogP contribution in [0.4, 0.5) is 0 Å². The highest BCUT2D eigenvalue weighted by atomic mass is 32.2. The first kappa shape index (κ1) is 16.4. The third kappa shape index (κ3) is 3.74. The molecule has 1 unspecified atom stereocenters. The van der Waals surface area contributed by atoms with E-state index in [0.29, 0.717) is 31.0 Å². The molecule has 1 atom stereocenters. The fourth-order valence-electron chi connectivity index (χ4n) is 2.61. The number of sulfonamides is 1. The van der Waals surface area contributed by atoms with E-state index in [1.165, 1.54) is 15.6 Å². The number of hydrogen-bond donors (Lipinski definition) is 0. The van der Waals surface area contributed by atoms with E-state index in [2.05, 4.69) is 0 Å².